The second-order valence-corrected chi connectivity index (χ2v) is 6.31. The van der Waals surface area contributed by atoms with E-state index in [2.05, 4.69) is 22.0 Å². The molecule has 6 nitrogen and oxygen atoms in total. The lowest BCUT2D eigenvalue weighted by molar-refractivity contribution is -0.116. The Bertz CT molecular complexity index is 818. The van der Waals surface area contributed by atoms with E-state index in [4.69, 9.17) is 5.26 Å². The number of urea groups is 1. The molecule has 132 valence electrons. The Morgan fingerprint density at radius 1 is 0.962 bits per heavy atom. The molecule has 0 aromatic heterocycles. The van der Waals surface area contributed by atoms with Crippen molar-refractivity contribution < 1.29 is 9.59 Å². The SMILES string of the molecule is N#Cc1ccc(CCC(=O)Nc2ccc(NC(=O)NC3CC3)cc2)cc1. The zero-order valence-corrected chi connectivity index (χ0v) is 14.3. The van der Waals surface area contributed by atoms with Crippen LogP contribution in [0.25, 0.3) is 0 Å². The largest absolute Gasteiger partial charge is 0.335 e. The highest BCUT2D eigenvalue weighted by Crippen LogP contribution is 2.19. The number of carbonyl (C=O) groups excluding carboxylic acids is 2. The Kier molecular flexibility index (Phi) is 5.49. The lowest BCUT2D eigenvalue weighted by Gasteiger charge is -2.09. The van der Waals surface area contributed by atoms with Crippen LogP contribution in [0.4, 0.5) is 16.2 Å². The second kappa shape index (κ2) is 8.17. The summed E-state index contributed by atoms with van der Waals surface area (Å²) in [6.45, 7) is 0. The van der Waals surface area contributed by atoms with Gasteiger partial charge < -0.3 is 16.0 Å². The molecule has 3 rings (SSSR count). The minimum atomic E-state index is -0.202. The van der Waals surface area contributed by atoms with Gasteiger partial charge in [-0.1, -0.05) is 12.1 Å². The zero-order chi connectivity index (χ0) is 18.4. The number of benzene rings is 2. The van der Waals surface area contributed by atoms with Crippen molar-refractivity contribution in [2.75, 3.05) is 10.6 Å². The molecule has 1 aliphatic rings. The first-order chi connectivity index (χ1) is 12.6. The standard InChI is InChI=1S/C20H20N4O2/c21-13-15-3-1-14(2-4-15)5-12-19(25)22-16-6-8-17(9-7-16)23-20(26)24-18-10-11-18/h1-4,6-9,18H,5,10-12H2,(H,22,25)(H2,23,24,26). The highest BCUT2D eigenvalue weighted by atomic mass is 16.2. The molecule has 1 aliphatic carbocycles. The fourth-order valence-electron chi connectivity index (χ4n) is 2.44. The van der Waals surface area contributed by atoms with Gasteiger partial charge >= 0.3 is 6.03 Å². The molecule has 6 heteroatoms. The Morgan fingerprint density at radius 3 is 2.15 bits per heavy atom. The van der Waals surface area contributed by atoms with Crippen LogP contribution in [0.1, 0.15) is 30.4 Å². The van der Waals surface area contributed by atoms with E-state index in [1.54, 1.807) is 36.4 Å². The molecule has 26 heavy (non-hydrogen) atoms. The number of hydrogen-bond donors (Lipinski definition) is 3. The maximum absolute atomic E-state index is 12.1. The van der Waals surface area contributed by atoms with Crippen molar-refractivity contribution in [1.82, 2.24) is 5.32 Å². The highest BCUT2D eigenvalue weighted by molar-refractivity contribution is 5.92. The van der Waals surface area contributed by atoms with Gasteiger partial charge in [-0.2, -0.15) is 5.26 Å². The molecule has 3 amide bonds. The van der Waals surface area contributed by atoms with Crippen molar-refractivity contribution in [2.45, 2.75) is 31.7 Å². The molecule has 0 aliphatic heterocycles. The van der Waals surface area contributed by atoms with Crippen LogP contribution in [0, 0.1) is 11.3 Å². The van der Waals surface area contributed by atoms with E-state index in [1.165, 1.54) is 0 Å². The summed E-state index contributed by atoms with van der Waals surface area (Å²) in [6, 6.07) is 16.4. The first-order valence-corrected chi connectivity index (χ1v) is 8.59. The zero-order valence-electron chi connectivity index (χ0n) is 14.3. The molecular formula is C20H20N4O2. The van der Waals surface area contributed by atoms with Crippen LogP contribution in [0.15, 0.2) is 48.5 Å². The Balaban J connectivity index is 1.44. The highest BCUT2D eigenvalue weighted by Gasteiger charge is 2.23. The van der Waals surface area contributed by atoms with Crippen LogP contribution in [0.2, 0.25) is 0 Å². The van der Waals surface area contributed by atoms with Crippen molar-refractivity contribution in [3.63, 3.8) is 0 Å². The van der Waals surface area contributed by atoms with Crippen LogP contribution in [0.5, 0.6) is 0 Å². The fourth-order valence-corrected chi connectivity index (χ4v) is 2.44. The van der Waals surface area contributed by atoms with Crippen molar-refractivity contribution in [1.29, 1.82) is 5.26 Å². The monoisotopic (exact) mass is 348 g/mol. The van der Waals surface area contributed by atoms with Gasteiger partial charge in [-0.25, -0.2) is 4.79 Å². The van der Waals surface area contributed by atoms with Crippen molar-refractivity contribution >= 4 is 23.3 Å². The summed E-state index contributed by atoms with van der Waals surface area (Å²) in [4.78, 5) is 23.7. The third kappa shape index (κ3) is 5.35. The van der Waals surface area contributed by atoms with Gasteiger partial charge in [-0.15, -0.1) is 0 Å². The number of nitrogens with one attached hydrogen (secondary N) is 3. The van der Waals surface area contributed by atoms with E-state index in [-0.39, 0.29) is 11.9 Å². The molecule has 0 saturated heterocycles. The number of nitriles is 1. The molecule has 1 fully saturated rings. The van der Waals surface area contributed by atoms with Crippen molar-refractivity contribution in [3.05, 3.63) is 59.7 Å². The lowest BCUT2D eigenvalue weighted by atomic mass is 10.1. The molecule has 2 aromatic carbocycles. The van der Waals surface area contributed by atoms with Crippen molar-refractivity contribution in [3.8, 4) is 6.07 Å². The fraction of sp³-hybridized carbons (Fsp3) is 0.250. The predicted octanol–water partition coefficient (Wildman–Crippen LogP) is 3.41. The smallest absolute Gasteiger partial charge is 0.319 e. The van der Waals surface area contributed by atoms with E-state index in [1.807, 2.05) is 12.1 Å². The van der Waals surface area contributed by atoms with Crippen LogP contribution in [0.3, 0.4) is 0 Å². The molecular weight excluding hydrogens is 328 g/mol. The summed E-state index contributed by atoms with van der Waals surface area (Å²) in [5.74, 6) is -0.0819. The molecule has 0 spiro atoms. The van der Waals surface area contributed by atoms with Gasteiger partial charge in [0.2, 0.25) is 5.91 Å². The number of hydrogen-bond acceptors (Lipinski definition) is 3. The van der Waals surface area contributed by atoms with Gasteiger partial charge in [0.25, 0.3) is 0 Å². The van der Waals surface area contributed by atoms with E-state index in [0.717, 1.165) is 18.4 Å². The molecule has 0 unspecified atom stereocenters. The molecule has 0 radical (unpaired) electrons. The van der Waals surface area contributed by atoms with Gasteiger partial charge in [0, 0.05) is 23.8 Å². The minimum absolute atomic E-state index is 0.0819. The minimum Gasteiger partial charge on any atom is -0.335 e. The average molecular weight is 348 g/mol. The average Bonchev–Trinajstić information content (AvgIpc) is 3.46. The van der Waals surface area contributed by atoms with E-state index >= 15 is 0 Å². The quantitative estimate of drug-likeness (QED) is 0.746. The summed E-state index contributed by atoms with van der Waals surface area (Å²) in [5, 5.41) is 17.2. The predicted molar refractivity (Wildman–Crippen MR) is 99.7 cm³/mol. The van der Waals surface area contributed by atoms with Crippen LogP contribution < -0.4 is 16.0 Å². The maximum atomic E-state index is 12.1. The number of amides is 3. The van der Waals surface area contributed by atoms with Gasteiger partial charge in [0.15, 0.2) is 0 Å². The van der Waals surface area contributed by atoms with E-state index in [9.17, 15) is 9.59 Å². The van der Waals surface area contributed by atoms with Gasteiger partial charge in [-0.05, 0) is 61.2 Å². The molecule has 3 N–H and O–H groups in total. The lowest BCUT2D eigenvalue weighted by Crippen LogP contribution is -2.30. The summed E-state index contributed by atoms with van der Waals surface area (Å²) in [6.07, 6.45) is 3.05. The Hall–Kier alpha value is -3.33. The van der Waals surface area contributed by atoms with Crippen molar-refractivity contribution in [2.24, 2.45) is 0 Å². The number of rotatable bonds is 6. The summed E-state index contributed by atoms with van der Waals surface area (Å²) < 4.78 is 0. The molecule has 0 heterocycles. The van der Waals surface area contributed by atoms with Crippen LogP contribution in [-0.4, -0.2) is 18.0 Å². The third-order valence-electron chi connectivity index (χ3n) is 4.06. The number of anilines is 2. The first-order valence-electron chi connectivity index (χ1n) is 8.59. The Labute approximate surface area is 152 Å². The first kappa shape index (κ1) is 17.5. The third-order valence-corrected chi connectivity index (χ3v) is 4.06. The Morgan fingerprint density at radius 2 is 1.58 bits per heavy atom. The summed E-state index contributed by atoms with van der Waals surface area (Å²) in [7, 11) is 0. The topological polar surface area (TPSA) is 94.0 Å². The summed E-state index contributed by atoms with van der Waals surface area (Å²) in [5.41, 5.74) is 2.99. The number of carbonyl (C=O) groups is 2. The number of aryl methyl sites for hydroxylation is 1. The second-order valence-electron chi connectivity index (χ2n) is 6.31. The van der Waals surface area contributed by atoms with Crippen LogP contribution >= 0.6 is 0 Å². The molecule has 1 saturated carbocycles. The molecule has 2 aromatic rings. The number of nitrogens with zero attached hydrogens (tertiary/aromatic N) is 1. The maximum Gasteiger partial charge on any atom is 0.319 e. The van der Waals surface area contributed by atoms with Gasteiger partial charge in [0.1, 0.15) is 0 Å². The van der Waals surface area contributed by atoms with Gasteiger partial charge in [0.05, 0.1) is 11.6 Å². The molecule has 0 atom stereocenters. The summed E-state index contributed by atoms with van der Waals surface area (Å²) >= 11 is 0. The van der Waals surface area contributed by atoms with E-state index in [0.29, 0.717) is 35.8 Å². The normalized spacial score (nSPS) is 12.7. The van der Waals surface area contributed by atoms with Crippen LogP contribution in [-0.2, 0) is 11.2 Å². The van der Waals surface area contributed by atoms with E-state index < -0.39 is 0 Å². The van der Waals surface area contributed by atoms with Gasteiger partial charge in [-0.3, -0.25) is 4.79 Å². The molecule has 0 bridgehead atoms.